The Morgan fingerprint density at radius 2 is 1.86 bits per heavy atom. The molecule has 0 amide bonds. The molecule has 1 aliphatic heterocycles. The monoisotopic (exact) mass is 391 g/mol. The van der Waals surface area contributed by atoms with Crippen molar-refractivity contribution < 1.29 is 0 Å². The Balaban J connectivity index is 1.41. The van der Waals surface area contributed by atoms with Crippen LogP contribution in [-0.4, -0.2) is 58.3 Å². The lowest BCUT2D eigenvalue weighted by Crippen LogP contribution is -2.44. The molecule has 0 aliphatic carbocycles. The Labute approximate surface area is 167 Å². The van der Waals surface area contributed by atoms with Crippen molar-refractivity contribution in [1.82, 2.24) is 25.1 Å². The molecule has 2 N–H and O–H groups in total. The Bertz CT molecular complexity index is 1060. The molecule has 1 fully saturated rings. The van der Waals surface area contributed by atoms with Crippen molar-refractivity contribution in [3.63, 3.8) is 0 Å². The van der Waals surface area contributed by atoms with Gasteiger partial charge < -0.3 is 15.1 Å². The summed E-state index contributed by atoms with van der Waals surface area (Å²) < 4.78 is 0. The van der Waals surface area contributed by atoms with Crippen LogP contribution >= 0.6 is 11.3 Å². The predicted octanol–water partition coefficient (Wildman–Crippen LogP) is 3.58. The van der Waals surface area contributed by atoms with Crippen LogP contribution in [0.1, 0.15) is 0 Å². The van der Waals surface area contributed by atoms with E-state index in [9.17, 15) is 0 Å². The third-order valence-corrected chi connectivity index (χ3v) is 5.76. The highest BCUT2D eigenvalue weighted by Crippen LogP contribution is 2.28. The minimum Gasteiger partial charge on any atom is -0.369 e. The fourth-order valence-electron chi connectivity index (χ4n) is 3.41. The maximum Gasteiger partial charge on any atom is 0.163 e. The molecule has 5 rings (SSSR count). The number of fused-ring (bicyclic) bond motifs is 1. The molecule has 0 spiro atoms. The number of hydrogen-bond donors (Lipinski definition) is 2. The molecule has 0 radical (unpaired) electrons. The molecule has 0 saturated carbocycles. The molecule has 7 nitrogen and oxygen atoms in total. The van der Waals surface area contributed by atoms with E-state index in [1.165, 1.54) is 5.69 Å². The van der Waals surface area contributed by atoms with Gasteiger partial charge in [0.15, 0.2) is 11.6 Å². The molecule has 0 atom stereocenters. The van der Waals surface area contributed by atoms with Crippen molar-refractivity contribution in [3.8, 4) is 11.4 Å². The van der Waals surface area contributed by atoms with Gasteiger partial charge in [-0.05, 0) is 42.8 Å². The average Bonchev–Trinajstić information content (AvgIpc) is 3.41. The number of likely N-dealkylation sites (N-methyl/N-ethyl adjacent to an activating group) is 1. The van der Waals surface area contributed by atoms with Gasteiger partial charge in [0.25, 0.3) is 0 Å². The van der Waals surface area contributed by atoms with Crippen LogP contribution in [-0.2, 0) is 0 Å². The Morgan fingerprint density at radius 3 is 2.61 bits per heavy atom. The first-order chi connectivity index (χ1) is 13.8. The maximum absolute atomic E-state index is 4.73. The van der Waals surface area contributed by atoms with E-state index < -0.39 is 0 Å². The summed E-state index contributed by atoms with van der Waals surface area (Å²) in [7, 11) is 2.17. The number of piperazine rings is 1. The Hall–Kier alpha value is -2.97. The Morgan fingerprint density at radius 1 is 1.04 bits per heavy atom. The zero-order valence-corrected chi connectivity index (χ0v) is 16.4. The summed E-state index contributed by atoms with van der Waals surface area (Å²) in [5.41, 5.74) is 4.87. The molecule has 3 aromatic heterocycles. The van der Waals surface area contributed by atoms with Gasteiger partial charge in [-0.25, -0.2) is 9.97 Å². The van der Waals surface area contributed by atoms with Crippen LogP contribution in [0.3, 0.4) is 0 Å². The van der Waals surface area contributed by atoms with Gasteiger partial charge in [0.1, 0.15) is 11.0 Å². The summed E-state index contributed by atoms with van der Waals surface area (Å²) in [6.07, 6.45) is 1.73. The second-order valence-corrected chi connectivity index (χ2v) is 7.78. The molecule has 0 bridgehead atoms. The number of rotatable bonds is 4. The molecule has 28 heavy (non-hydrogen) atoms. The van der Waals surface area contributed by atoms with Crippen molar-refractivity contribution in [1.29, 1.82) is 0 Å². The van der Waals surface area contributed by atoms with Crippen LogP contribution in [0.2, 0.25) is 0 Å². The lowest BCUT2D eigenvalue weighted by molar-refractivity contribution is 0.313. The largest absolute Gasteiger partial charge is 0.369 e. The van der Waals surface area contributed by atoms with E-state index in [-0.39, 0.29) is 0 Å². The van der Waals surface area contributed by atoms with E-state index in [4.69, 9.17) is 4.98 Å². The van der Waals surface area contributed by atoms with Gasteiger partial charge in [-0.1, -0.05) is 0 Å². The van der Waals surface area contributed by atoms with E-state index in [1.54, 1.807) is 17.5 Å². The normalized spacial score (nSPS) is 15.2. The molecule has 4 aromatic rings. The molecule has 142 valence electrons. The molecule has 1 saturated heterocycles. The van der Waals surface area contributed by atoms with E-state index in [0.717, 1.165) is 54.3 Å². The standard InChI is InChI=1S/C20H21N7S/c1-26-7-9-27(10-8-26)16-4-2-15(3-5-16)22-20-18-17(12-21-25-18)23-19(24-20)14-6-11-28-13-14/h2-6,11-13H,7-10H2,1H3,(H,21,25)(H,22,23,24). The third-order valence-electron chi connectivity index (χ3n) is 5.08. The van der Waals surface area contributed by atoms with Crippen LogP contribution in [0.4, 0.5) is 17.2 Å². The number of anilines is 3. The van der Waals surface area contributed by atoms with Crippen molar-refractivity contribution in [2.75, 3.05) is 43.4 Å². The summed E-state index contributed by atoms with van der Waals surface area (Å²) in [6.45, 7) is 4.33. The van der Waals surface area contributed by atoms with Crippen molar-refractivity contribution in [3.05, 3.63) is 47.3 Å². The fraction of sp³-hybridized carbons (Fsp3) is 0.250. The summed E-state index contributed by atoms with van der Waals surface area (Å²) in [5.74, 6) is 1.43. The van der Waals surface area contributed by atoms with Gasteiger partial charge >= 0.3 is 0 Å². The fourth-order valence-corrected chi connectivity index (χ4v) is 4.04. The average molecular weight is 392 g/mol. The Kier molecular flexibility index (Phi) is 4.42. The van der Waals surface area contributed by atoms with Crippen LogP contribution in [0.15, 0.2) is 47.3 Å². The second kappa shape index (κ2) is 7.21. The summed E-state index contributed by atoms with van der Waals surface area (Å²) in [6, 6.07) is 10.6. The van der Waals surface area contributed by atoms with E-state index in [0.29, 0.717) is 5.82 Å². The van der Waals surface area contributed by atoms with Crippen LogP contribution in [0, 0.1) is 0 Å². The highest BCUT2D eigenvalue weighted by atomic mass is 32.1. The molecule has 0 unspecified atom stereocenters. The van der Waals surface area contributed by atoms with Crippen molar-refractivity contribution in [2.24, 2.45) is 0 Å². The number of aromatic nitrogens is 4. The molecule has 1 aromatic carbocycles. The number of aromatic amines is 1. The number of nitrogens with one attached hydrogen (secondary N) is 2. The molecule has 8 heteroatoms. The molecule has 4 heterocycles. The van der Waals surface area contributed by atoms with Crippen molar-refractivity contribution in [2.45, 2.75) is 0 Å². The van der Waals surface area contributed by atoms with Gasteiger partial charge in [-0.2, -0.15) is 16.4 Å². The molecular weight excluding hydrogens is 370 g/mol. The summed E-state index contributed by atoms with van der Waals surface area (Å²) in [5, 5.41) is 14.6. The van der Waals surface area contributed by atoms with Gasteiger partial charge in [-0.3, -0.25) is 5.10 Å². The lowest BCUT2D eigenvalue weighted by Gasteiger charge is -2.34. The number of H-pyrrole nitrogens is 1. The number of nitrogens with zero attached hydrogens (tertiary/aromatic N) is 5. The quantitative estimate of drug-likeness (QED) is 0.554. The van der Waals surface area contributed by atoms with E-state index in [2.05, 4.69) is 67.0 Å². The predicted molar refractivity (Wildman–Crippen MR) is 114 cm³/mol. The van der Waals surface area contributed by atoms with Gasteiger partial charge in [0.2, 0.25) is 0 Å². The minimum atomic E-state index is 0.701. The topological polar surface area (TPSA) is 73.0 Å². The highest BCUT2D eigenvalue weighted by molar-refractivity contribution is 7.08. The van der Waals surface area contributed by atoms with Crippen LogP contribution < -0.4 is 10.2 Å². The van der Waals surface area contributed by atoms with Gasteiger partial charge in [0.05, 0.1) is 6.20 Å². The van der Waals surface area contributed by atoms with Crippen LogP contribution in [0.5, 0.6) is 0 Å². The number of hydrogen-bond acceptors (Lipinski definition) is 7. The first kappa shape index (κ1) is 17.2. The second-order valence-electron chi connectivity index (χ2n) is 7.00. The minimum absolute atomic E-state index is 0.701. The smallest absolute Gasteiger partial charge is 0.163 e. The molecular formula is C20H21N7S. The van der Waals surface area contributed by atoms with Gasteiger partial charge in [0, 0.05) is 48.5 Å². The summed E-state index contributed by atoms with van der Waals surface area (Å²) >= 11 is 1.64. The highest BCUT2D eigenvalue weighted by Gasteiger charge is 2.15. The number of thiophene rings is 1. The SMILES string of the molecule is CN1CCN(c2ccc(Nc3nc(-c4ccsc4)nc4cn[nH]c34)cc2)CC1. The van der Waals surface area contributed by atoms with Crippen molar-refractivity contribution >= 4 is 39.6 Å². The maximum atomic E-state index is 4.73. The lowest BCUT2D eigenvalue weighted by atomic mass is 10.2. The van der Waals surface area contributed by atoms with Gasteiger partial charge in [-0.15, -0.1) is 0 Å². The van der Waals surface area contributed by atoms with E-state index in [1.807, 2.05) is 11.4 Å². The summed E-state index contributed by atoms with van der Waals surface area (Å²) in [4.78, 5) is 14.1. The number of benzene rings is 1. The zero-order chi connectivity index (χ0) is 18.9. The molecule has 1 aliphatic rings. The van der Waals surface area contributed by atoms with E-state index >= 15 is 0 Å². The third kappa shape index (κ3) is 3.32. The zero-order valence-electron chi connectivity index (χ0n) is 15.6. The first-order valence-electron chi connectivity index (χ1n) is 9.30. The first-order valence-corrected chi connectivity index (χ1v) is 10.2. The van der Waals surface area contributed by atoms with Crippen LogP contribution in [0.25, 0.3) is 22.4 Å².